The van der Waals surface area contributed by atoms with Gasteiger partial charge in [-0.2, -0.15) is 0 Å². The first-order chi connectivity index (χ1) is 7.63. The zero-order valence-corrected chi connectivity index (χ0v) is 11.3. The molecule has 90 valence electrons. The molecule has 0 heterocycles. The summed E-state index contributed by atoms with van der Waals surface area (Å²) >= 11 is 0. The van der Waals surface area contributed by atoms with E-state index in [0.717, 1.165) is 5.92 Å². The Balaban J connectivity index is 3.03. The van der Waals surface area contributed by atoms with Crippen molar-refractivity contribution < 1.29 is 0 Å². The molecule has 0 aromatic heterocycles. The first-order valence-electron chi connectivity index (χ1n) is 6.38. The number of benzene rings is 1. The fourth-order valence-electron chi connectivity index (χ4n) is 2.58. The van der Waals surface area contributed by atoms with Gasteiger partial charge in [-0.05, 0) is 37.9 Å². The smallest absolute Gasteiger partial charge is 0.0348 e. The molecule has 0 bridgehead atoms. The first-order valence-corrected chi connectivity index (χ1v) is 6.38. The van der Waals surface area contributed by atoms with Crippen molar-refractivity contribution in [1.29, 1.82) is 0 Å². The van der Waals surface area contributed by atoms with Crippen LogP contribution >= 0.6 is 0 Å². The lowest BCUT2D eigenvalue weighted by molar-refractivity contribution is 0.358. The van der Waals surface area contributed by atoms with E-state index in [0.29, 0.717) is 6.04 Å². The van der Waals surface area contributed by atoms with E-state index >= 15 is 0 Å². The van der Waals surface area contributed by atoms with Gasteiger partial charge in [0.05, 0.1) is 0 Å². The van der Waals surface area contributed by atoms with Gasteiger partial charge >= 0.3 is 0 Å². The van der Waals surface area contributed by atoms with Crippen LogP contribution in [0.5, 0.6) is 0 Å². The van der Waals surface area contributed by atoms with Gasteiger partial charge in [-0.15, -0.1) is 0 Å². The molecule has 0 aliphatic heterocycles. The molecule has 0 fully saturated rings. The van der Waals surface area contributed by atoms with E-state index in [9.17, 15) is 0 Å². The number of hydrogen-bond acceptors (Lipinski definition) is 1. The lowest BCUT2D eigenvalue weighted by atomic mass is 9.86. The van der Waals surface area contributed by atoms with Crippen LogP contribution in [0.15, 0.2) is 18.2 Å². The Hall–Kier alpha value is -0.820. The van der Waals surface area contributed by atoms with Gasteiger partial charge in [0.1, 0.15) is 0 Å². The molecular formula is C15H25N. The molecule has 0 aliphatic rings. The highest BCUT2D eigenvalue weighted by Gasteiger charge is 2.19. The summed E-state index contributed by atoms with van der Waals surface area (Å²) in [5, 5.41) is 3.48. The van der Waals surface area contributed by atoms with Crippen molar-refractivity contribution in [3.05, 3.63) is 34.9 Å². The molecular weight excluding hydrogens is 194 g/mol. The fraction of sp³-hybridized carbons (Fsp3) is 0.600. The minimum absolute atomic E-state index is 0.496. The van der Waals surface area contributed by atoms with Crippen LogP contribution in [0.1, 0.15) is 49.4 Å². The van der Waals surface area contributed by atoms with Gasteiger partial charge in [-0.3, -0.25) is 0 Å². The maximum absolute atomic E-state index is 3.48. The van der Waals surface area contributed by atoms with Gasteiger partial charge in [-0.25, -0.2) is 0 Å². The van der Waals surface area contributed by atoms with Crippen LogP contribution in [0.4, 0.5) is 0 Å². The average molecular weight is 219 g/mol. The van der Waals surface area contributed by atoms with Crippen molar-refractivity contribution in [3.8, 4) is 0 Å². The van der Waals surface area contributed by atoms with Crippen molar-refractivity contribution in [3.63, 3.8) is 0 Å². The number of hydrogen-bond donors (Lipinski definition) is 1. The Kier molecular flexibility index (Phi) is 5.01. The normalized spacial score (nSPS) is 13.1. The van der Waals surface area contributed by atoms with Crippen molar-refractivity contribution in [2.24, 2.45) is 5.92 Å². The van der Waals surface area contributed by atoms with Crippen LogP contribution < -0.4 is 5.32 Å². The van der Waals surface area contributed by atoms with Crippen LogP contribution in [0, 0.1) is 19.8 Å². The molecule has 1 unspecified atom stereocenters. The molecule has 1 nitrogen and oxygen atoms in total. The van der Waals surface area contributed by atoms with E-state index in [2.05, 4.69) is 58.3 Å². The minimum atomic E-state index is 0.496. The number of nitrogens with one attached hydrogen (secondary N) is 1. The first kappa shape index (κ1) is 13.2. The molecule has 1 rings (SSSR count). The monoisotopic (exact) mass is 219 g/mol. The molecule has 0 spiro atoms. The maximum Gasteiger partial charge on any atom is 0.0348 e. The van der Waals surface area contributed by atoms with Crippen molar-refractivity contribution >= 4 is 0 Å². The van der Waals surface area contributed by atoms with E-state index < -0.39 is 0 Å². The van der Waals surface area contributed by atoms with Gasteiger partial charge in [0.15, 0.2) is 0 Å². The molecule has 0 aliphatic carbocycles. The fourth-order valence-corrected chi connectivity index (χ4v) is 2.58. The highest BCUT2D eigenvalue weighted by molar-refractivity contribution is 5.33. The summed E-state index contributed by atoms with van der Waals surface area (Å²) in [6.07, 6.45) is 2.46. The quantitative estimate of drug-likeness (QED) is 0.789. The summed E-state index contributed by atoms with van der Waals surface area (Å²) in [4.78, 5) is 0. The standard InChI is InChI=1S/C15H25N/c1-6-13(7-2)15(16-5)14-9-8-11(3)10-12(14)4/h8-10,13,15-16H,6-7H2,1-5H3. The Bertz CT molecular complexity index is 326. The third-order valence-corrected chi connectivity index (χ3v) is 3.59. The lowest BCUT2D eigenvalue weighted by Crippen LogP contribution is -2.25. The second kappa shape index (κ2) is 6.05. The minimum Gasteiger partial charge on any atom is -0.313 e. The van der Waals surface area contributed by atoms with Crippen LogP contribution in [-0.4, -0.2) is 7.05 Å². The molecule has 0 amide bonds. The van der Waals surface area contributed by atoms with E-state index in [4.69, 9.17) is 0 Å². The summed E-state index contributed by atoms with van der Waals surface area (Å²) in [5.41, 5.74) is 4.22. The van der Waals surface area contributed by atoms with Gasteiger partial charge in [0, 0.05) is 6.04 Å². The Morgan fingerprint density at radius 1 is 1.12 bits per heavy atom. The Morgan fingerprint density at radius 3 is 2.19 bits per heavy atom. The number of aryl methyl sites for hydroxylation is 2. The second-order valence-electron chi connectivity index (χ2n) is 4.70. The highest BCUT2D eigenvalue weighted by Crippen LogP contribution is 2.29. The summed E-state index contributed by atoms with van der Waals surface area (Å²) in [6, 6.07) is 7.27. The number of rotatable bonds is 5. The molecule has 1 atom stereocenters. The average Bonchev–Trinajstić information content (AvgIpc) is 2.27. The summed E-state index contributed by atoms with van der Waals surface area (Å²) in [7, 11) is 2.07. The largest absolute Gasteiger partial charge is 0.313 e. The highest BCUT2D eigenvalue weighted by atomic mass is 14.9. The zero-order valence-electron chi connectivity index (χ0n) is 11.3. The van der Waals surface area contributed by atoms with Gasteiger partial charge < -0.3 is 5.32 Å². The van der Waals surface area contributed by atoms with Gasteiger partial charge in [0.2, 0.25) is 0 Å². The van der Waals surface area contributed by atoms with Crippen LogP contribution in [0.3, 0.4) is 0 Å². The predicted molar refractivity (Wildman–Crippen MR) is 71.8 cm³/mol. The van der Waals surface area contributed by atoms with Gasteiger partial charge in [0.25, 0.3) is 0 Å². The van der Waals surface area contributed by atoms with E-state index in [1.165, 1.54) is 29.5 Å². The molecule has 16 heavy (non-hydrogen) atoms. The van der Waals surface area contributed by atoms with Crippen molar-refractivity contribution in [2.75, 3.05) is 7.05 Å². The van der Waals surface area contributed by atoms with E-state index in [1.807, 2.05) is 0 Å². The van der Waals surface area contributed by atoms with E-state index in [1.54, 1.807) is 0 Å². The maximum atomic E-state index is 3.48. The van der Waals surface area contributed by atoms with Crippen LogP contribution in [0.25, 0.3) is 0 Å². The third-order valence-electron chi connectivity index (χ3n) is 3.59. The molecule has 0 radical (unpaired) electrons. The molecule has 0 saturated carbocycles. The second-order valence-corrected chi connectivity index (χ2v) is 4.70. The Morgan fingerprint density at radius 2 is 1.75 bits per heavy atom. The SMILES string of the molecule is CCC(CC)C(NC)c1ccc(C)cc1C. The van der Waals surface area contributed by atoms with Crippen LogP contribution in [-0.2, 0) is 0 Å². The molecule has 0 saturated heterocycles. The van der Waals surface area contributed by atoms with Gasteiger partial charge in [-0.1, -0.05) is 50.5 Å². The van der Waals surface area contributed by atoms with Crippen LogP contribution in [0.2, 0.25) is 0 Å². The summed E-state index contributed by atoms with van der Waals surface area (Å²) < 4.78 is 0. The predicted octanol–water partition coefficient (Wildman–Crippen LogP) is 4.00. The van der Waals surface area contributed by atoms with Crippen molar-refractivity contribution in [1.82, 2.24) is 5.32 Å². The Labute approximate surface area is 100 Å². The van der Waals surface area contributed by atoms with Crippen molar-refractivity contribution in [2.45, 2.75) is 46.6 Å². The van der Waals surface area contributed by atoms with E-state index in [-0.39, 0.29) is 0 Å². The molecule has 1 N–H and O–H groups in total. The molecule has 1 heteroatoms. The lowest BCUT2D eigenvalue weighted by Gasteiger charge is -2.27. The third kappa shape index (κ3) is 2.85. The summed E-state index contributed by atoms with van der Waals surface area (Å²) in [6.45, 7) is 8.93. The summed E-state index contributed by atoms with van der Waals surface area (Å²) in [5.74, 6) is 0.728. The molecule has 1 aromatic rings. The molecule has 1 aromatic carbocycles. The topological polar surface area (TPSA) is 12.0 Å². The zero-order chi connectivity index (χ0) is 12.1.